The molecule has 6 heteroatoms. The van der Waals surface area contributed by atoms with Gasteiger partial charge in [0.15, 0.2) is 0 Å². The van der Waals surface area contributed by atoms with E-state index >= 15 is 0 Å². The highest BCUT2D eigenvalue weighted by Crippen LogP contribution is 2.47. The van der Waals surface area contributed by atoms with E-state index in [1.807, 2.05) is 46.4 Å². The lowest BCUT2D eigenvalue weighted by molar-refractivity contribution is 0.00818. The summed E-state index contributed by atoms with van der Waals surface area (Å²) in [5, 5.41) is 0. The van der Waals surface area contributed by atoms with Gasteiger partial charge in [0.2, 0.25) is 0 Å². The number of rotatable bonds is 2. The lowest BCUT2D eigenvalue weighted by Crippen LogP contribution is -2.54. The minimum atomic E-state index is -1.04. The van der Waals surface area contributed by atoms with Gasteiger partial charge in [-0.1, -0.05) is 6.42 Å². The maximum absolute atomic E-state index is 12.5. The van der Waals surface area contributed by atoms with E-state index in [0.29, 0.717) is 6.04 Å². The molecular weight excluding hydrogens is 324 g/mol. The zero-order valence-electron chi connectivity index (χ0n) is 16.1. The molecule has 1 amide bonds. The molecule has 1 spiro atoms. The van der Waals surface area contributed by atoms with Crippen LogP contribution in [0.3, 0.4) is 0 Å². The molecule has 1 saturated carbocycles. The average molecular weight is 359 g/mol. The van der Waals surface area contributed by atoms with E-state index in [0.717, 1.165) is 38.8 Å². The molecule has 1 aliphatic heterocycles. The fraction of sp³-hybridized carbons (Fsp3) is 0.944. The molecule has 0 bridgehead atoms. The van der Waals surface area contributed by atoms with Crippen LogP contribution in [0.15, 0.2) is 0 Å². The summed E-state index contributed by atoms with van der Waals surface area (Å²) in [7, 11) is 0. The summed E-state index contributed by atoms with van der Waals surface area (Å²) in [5.41, 5.74) is -0.271. The first-order valence-electron chi connectivity index (χ1n) is 9.09. The zero-order valence-corrected chi connectivity index (χ0v) is 16.9. The first-order chi connectivity index (χ1) is 10.9. The topological polar surface area (TPSA) is 64.6 Å². The van der Waals surface area contributed by atoms with Crippen molar-refractivity contribution in [2.45, 2.75) is 90.0 Å². The molecule has 1 heterocycles. The highest BCUT2D eigenvalue weighted by atomic mass is 32.2. The summed E-state index contributed by atoms with van der Waals surface area (Å²) in [6.07, 6.45) is 5.13. The maximum Gasteiger partial charge on any atom is 0.410 e. The lowest BCUT2D eigenvalue weighted by Gasteiger charge is -2.43. The number of hydrogen-bond acceptors (Lipinski definition) is 4. The van der Waals surface area contributed by atoms with E-state index in [1.165, 1.54) is 6.42 Å². The maximum atomic E-state index is 12.5. The first-order valence-corrected chi connectivity index (χ1v) is 10.2. The standard InChI is InChI=1S/C18H34N2O3S/c1-16(2,3)23-15(21)20-12-10-18(11-13-20)9-7-8-14(18)19-24(22)17(4,5)6/h14,19H,7-13H2,1-6H3/t14?,24-/m1/s1. The minimum absolute atomic E-state index is 0.180. The number of hydrogen-bond donors (Lipinski definition) is 1. The van der Waals surface area contributed by atoms with Crippen molar-refractivity contribution in [3.05, 3.63) is 0 Å². The molecule has 0 radical (unpaired) electrons. The van der Waals surface area contributed by atoms with Gasteiger partial charge in [0.05, 0.1) is 6.04 Å². The highest BCUT2D eigenvalue weighted by molar-refractivity contribution is 7.90. The van der Waals surface area contributed by atoms with E-state index in [1.54, 1.807) is 0 Å². The van der Waals surface area contributed by atoms with Crippen LogP contribution in [0.2, 0.25) is 0 Å². The van der Waals surface area contributed by atoms with Crippen LogP contribution in [-0.2, 0) is 16.1 Å². The van der Waals surface area contributed by atoms with E-state index in [4.69, 9.17) is 4.74 Å². The number of nitrogens with zero attached hydrogens (tertiary/aromatic N) is 1. The molecule has 0 aromatic carbocycles. The number of carbonyl (C=O) groups is 1. The predicted octanol–water partition coefficient (Wildman–Crippen LogP) is 3.61. The Bertz CT molecular complexity index is 448. The number of nitrogens with one attached hydrogen (secondary N) is 1. The molecule has 1 unspecified atom stereocenters. The van der Waals surface area contributed by atoms with Crippen LogP contribution in [0.5, 0.6) is 0 Å². The second-order valence-electron chi connectivity index (χ2n) is 9.27. The summed E-state index contributed by atoms with van der Waals surface area (Å²) in [5.74, 6) is 0. The van der Waals surface area contributed by atoms with Crippen molar-refractivity contribution in [1.29, 1.82) is 0 Å². The van der Waals surface area contributed by atoms with Crippen molar-refractivity contribution >= 4 is 17.5 Å². The van der Waals surface area contributed by atoms with Gasteiger partial charge in [0.25, 0.3) is 0 Å². The van der Waals surface area contributed by atoms with Gasteiger partial charge in [0.1, 0.15) is 10.3 Å². The molecule has 0 aromatic rings. The van der Waals surface area contributed by atoms with Crippen LogP contribution in [0.25, 0.3) is 0 Å². The monoisotopic (exact) mass is 358 g/mol. The van der Waals surface area contributed by atoms with E-state index in [9.17, 15) is 9.35 Å². The van der Waals surface area contributed by atoms with E-state index < -0.39 is 17.0 Å². The third-order valence-electron chi connectivity index (χ3n) is 5.12. The Hall–Kier alpha value is -0.460. The molecule has 2 aliphatic rings. The van der Waals surface area contributed by atoms with Crippen LogP contribution in [-0.4, -0.2) is 45.0 Å². The Labute approximate surface area is 150 Å². The van der Waals surface area contributed by atoms with Gasteiger partial charge in [-0.05, 0) is 72.6 Å². The molecule has 1 saturated heterocycles. The largest absolute Gasteiger partial charge is 0.598 e. The van der Waals surface area contributed by atoms with E-state index in [-0.39, 0.29) is 16.3 Å². The zero-order chi connectivity index (χ0) is 18.2. The van der Waals surface area contributed by atoms with Crippen LogP contribution < -0.4 is 4.72 Å². The normalized spacial score (nSPS) is 25.8. The van der Waals surface area contributed by atoms with Gasteiger partial charge in [0, 0.05) is 24.5 Å². The van der Waals surface area contributed by atoms with Gasteiger partial charge < -0.3 is 14.2 Å². The van der Waals surface area contributed by atoms with Crippen LogP contribution in [0.4, 0.5) is 4.79 Å². The Kier molecular flexibility index (Phi) is 5.83. The van der Waals surface area contributed by atoms with Gasteiger partial charge >= 0.3 is 6.09 Å². The number of likely N-dealkylation sites (tertiary alicyclic amines) is 1. The summed E-state index contributed by atoms with van der Waals surface area (Å²) in [6.45, 7) is 13.2. The smallest absolute Gasteiger partial charge is 0.410 e. The molecule has 24 heavy (non-hydrogen) atoms. The average Bonchev–Trinajstić information content (AvgIpc) is 2.79. The summed E-state index contributed by atoms with van der Waals surface area (Å²) in [6, 6.07) is 0.290. The molecule has 2 rings (SSSR count). The van der Waals surface area contributed by atoms with Crippen molar-refractivity contribution < 1.29 is 14.1 Å². The van der Waals surface area contributed by atoms with E-state index in [2.05, 4.69) is 4.72 Å². The number of piperidine rings is 1. The quantitative estimate of drug-likeness (QED) is 0.766. The minimum Gasteiger partial charge on any atom is -0.598 e. The van der Waals surface area contributed by atoms with Gasteiger partial charge in [-0.25, -0.2) is 4.79 Å². The summed E-state index contributed by atoms with van der Waals surface area (Å²) in [4.78, 5) is 14.1. The van der Waals surface area contributed by atoms with Gasteiger partial charge in [-0.15, -0.1) is 4.72 Å². The van der Waals surface area contributed by atoms with Crippen LogP contribution in [0.1, 0.15) is 73.6 Å². The third kappa shape index (κ3) is 4.79. The molecule has 140 valence electrons. The molecular formula is C18H34N2O3S. The predicted molar refractivity (Wildman–Crippen MR) is 98.1 cm³/mol. The number of amides is 1. The molecule has 0 aromatic heterocycles. The first kappa shape index (κ1) is 19.9. The fourth-order valence-corrected chi connectivity index (χ4v) is 4.67. The molecule has 2 atom stereocenters. The molecule has 1 N–H and O–H groups in total. The lowest BCUT2D eigenvalue weighted by atomic mass is 9.74. The fourth-order valence-electron chi connectivity index (χ4n) is 3.69. The van der Waals surface area contributed by atoms with Gasteiger partial charge in [-0.2, -0.15) is 0 Å². The molecule has 2 fully saturated rings. The van der Waals surface area contributed by atoms with Crippen molar-refractivity contribution in [2.75, 3.05) is 13.1 Å². The SMILES string of the molecule is CC(C)(C)OC(=O)N1CCC2(CCCC2N[S@+]([O-])C(C)(C)C)CC1. The van der Waals surface area contributed by atoms with Gasteiger partial charge in [-0.3, -0.25) is 0 Å². The molecule has 1 aliphatic carbocycles. The highest BCUT2D eigenvalue weighted by Gasteiger charge is 2.48. The Morgan fingerprint density at radius 3 is 2.25 bits per heavy atom. The molecule has 5 nitrogen and oxygen atoms in total. The van der Waals surface area contributed by atoms with Crippen LogP contribution >= 0.6 is 0 Å². The number of carbonyl (C=O) groups excluding carboxylic acids is 1. The van der Waals surface area contributed by atoms with Crippen molar-refractivity contribution in [3.63, 3.8) is 0 Å². The summed E-state index contributed by atoms with van der Waals surface area (Å²) >= 11 is -1.04. The second-order valence-corrected chi connectivity index (χ2v) is 11.3. The Balaban J connectivity index is 1.94. The Morgan fingerprint density at radius 1 is 1.17 bits per heavy atom. The summed E-state index contributed by atoms with van der Waals surface area (Å²) < 4.78 is 21.1. The van der Waals surface area contributed by atoms with Crippen molar-refractivity contribution in [3.8, 4) is 0 Å². The number of ether oxygens (including phenoxy) is 1. The Morgan fingerprint density at radius 2 is 1.75 bits per heavy atom. The third-order valence-corrected chi connectivity index (χ3v) is 6.73. The second kappa shape index (κ2) is 7.04. The van der Waals surface area contributed by atoms with Crippen molar-refractivity contribution in [2.24, 2.45) is 5.41 Å². The van der Waals surface area contributed by atoms with Crippen molar-refractivity contribution in [1.82, 2.24) is 9.62 Å². The van der Waals surface area contributed by atoms with Crippen LogP contribution in [0, 0.1) is 5.41 Å².